The molecular weight excluding hydrogens is 366 g/mol. The molecule has 142 valence electrons. The van der Waals surface area contributed by atoms with Gasteiger partial charge in [0, 0.05) is 18.7 Å². The van der Waals surface area contributed by atoms with Crippen molar-refractivity contribution < 1.29 is 13.2 Å². The van der Waals surface area contributed by atoms with Crippen LogP contribution in [-0.2, 0) is 23.1 Å². The van der Waals surface area contributed by atoms with Crippen molar-refractivity contribution in [1.82, 2.24) is 24.9 Å². The lowest BCUT2D eigenvalue weighted by atomic mass is 10.1. The predicted molar refractivity (Wildman–Crippen MR) is 101 cm³/mol. The summed E-state index contributed by atoms with van der Waals surface area (Å²) < 4.78 is 35.3. The van der Waals surface area contributed by atoms with Crippen molar-refractivity contribution in [3.8, 4) is 17.1 Å². The molecule has 1 aromatic heterocycles. The fraction of sp³-hybridized carbons (Fsp3) is 0.278. The van der Waals surface area contributed by atoms with Gasteiger partial charge in [-0.2, -0.15) is 0 Å². The van der Waals surface area contributed by atoms with Crippen LogP contribution >= 0.6 is 0 Å². The van der Waals surface area contributed by atoms with Crippen molar-refractivity contribution in [2.24, 2.45) is 0 Å². The molecule has 0 spiro atoms. The zero-order chi connectivity index (χ0) is 19.4. The maximum Gasteiger partial charge on any atom is 0.244 e. The first-order valence-electron chi connectivity index (χ1n) is 8.45. The SMILES string of the molecule is CCn1nnnc1-c1ccc(OC)c(S(=O)(=O)NCc2ccccc2C)c1. The van der Waals surface area contributed by atoms with Gasteiger partial charge in [0.25, 0.3) is 0 Å². The fourth-order valence-electron chi connectivity index (χ4n) is 2.71. The van der Waals surface area contributed by atoms with Crippen LogP contribution in [0.1, 0.15) is 18.1 Å². The highest BCUT2D eigenvalue weighted by atomic mass is 32.2. The number of aromatic nitrogens is 4. The van der Waals surface area contributed by atoms with Gasteiger partial charge in [0.15, 0.2) is 5.82 Å². The normalized spacial score (nSPS) is 11.5. The molecule has 1 N–H and O–H groups in total. The van der Waals surface area contributed by atoms with Crippen LogP contribution in [0, 0.1) is 6.92 Å². The van der Waals surface area contributed by atoms with Crippen molar-refractivity contribution in [3.63, 3.8) is 0 Å². The van der Waals surface area contributed by atoms with E-state index in [1.165, 1.54) is 13.2 Å². The molecular formula is C18H21N5O3S. The third-order valence-electron chi connectivity index (χ3n) is 4.26. The summed E-state index contributed by atoms with van der Waals surface area (Å²) in [5, 5.41) is 11.5. The maximum absolute atomic E-state index is 12.9. The van der Waals surface area contributed by atoms with Crippen LogP contribution < -0.4 is 9.46 Å². The lowest BCUT2D eigenvalue weighted by Gasteiger charge is -2.13. The summed E-state index contributed by atoms with van der Waals surface area (Å²) in [6.45, 7) is 4.61. The van der Waals surface area contributed by atoms with E-state index >= 15 is 0 Å². The van der Waals surface area contributed by atoms with Gasteiger partial charge in [-0.3, -0.25) is 0 Å². The minimum atomic E-state index is -3.80. The molecule has 0 aliphatic heterocycles. The second-order valence-electron chi connectivity index (χ2n) is 5.93. The van der Waals surface area contributed by atoms with Crippen LogP contribution in [0.25, 0.3) is 11.4 Å². The molecule has 0 saturated heterocycles. The summed E-state index contributed by atoms with van der Waals surface area (Å²) in [6, 6.07) is 12.5. The molecule has 0 saturated carbocycles. The number of sulfonamides is 1. The van der Waals surface area contributed by atoms with Gasteiger partial charge in [0.2, 0.25) is 10.0 Å². The molecule has 0 bridgehead atoms. The molecule has 3 rings (SSSR count). The number of rotatable bonds is 7. The highest BCUT2D eigenvalue weighted by molar-refractivity contribution is 7.89. The molecule has 9 heteroatoms. The third kappa shape index (κ3) is 3.99. The number of hydrogen-bond acceptors (Lipinski definition) is 6. The van der Waals surface area contributed by atoms with Crippen LogP contribution in [0.15, 0.2) is 47.4 Å². The Morgan fingerprint density at radius 3 is 2.67 bits per heavy atom. The van der Waals surface area contributed by atoms with E-state index < -0.39 is 10.0 Å². The Bertz CT molecular complexity index is 1050. The van der Waals surface area contributed by atoms with E-state index in [9.17, 15) is 8.42 Å². The zero-order valence-corrected chi connectivity index (χ0v) is 16.2. The number of aryl methyl sites for hydroxylation is 2. The highest BCUT2D eigenvalue weighted by Gasteiger charge is 2.22. The molecule has 0 atom stereocenters. The van der Waals surface area contributed by atoms with Crippen molar-refractivity contribution in [3.05, 3.63) is 53.6 Å². The molecule has 0 amide bonds. The average Bonchev–Trinajstić information content (AvgIpc) is 3.15. The van der Waals surface area contributed by atoms with E-state index in [0.717, 1.165) is 11.1 Å². The first kappa shape index (κ1) is 19.0. The molecule has 0 fully saturated rings. The number of benzene rings is 2. The molecule has 27 heavy (non-hydrogen) atoms. The van der Waals surface area contributed by atoms with Crippen molar-refractivity contribution in [1.29, 1.82) is 0 Å². The summed E-state index contributed by atoms with van der Waals surface area (Å²) in [5.41, 5.74) is 2.52. The first-order chi connectivity index (χ1) is 13.0. The van der Waals surface area contributed by atoms with E-state index in [1.54, 1.807) is 16.8 Å². The lowest BCUT2D eigenvalue weighted by Crippen LogP contribution is -2.24. The minimum Gasteiger partial charge on any atom is -0.495 e. The highest BCUT2D eigenvalue weighted by Crippen LogP contribution is 2.29. The number of tetrazole rings is 1. The number of ether oxygens (including phenoxy) is 1. The van der Waals surface area contributed by atoms with Crippen LogP contribution in [0.3, 0.4) is 0 Å². The van der Waals surface area contributed by atoms with Gasteiger partial charge in [-0.15, -0.1) is 5.10 Å². The van der Waals surface area contributed by atoms with Crippen molar-refractivity contribution in [2.75, 3.05) is 7.11 Å². The van der Waals surface area contributed by atoms with Gasteiger partial charge in [-0.25, -0.2) is 17.8 Å². The van der Waals surface area contributed by atoms with Gasteiger partial charge in [-0.05, 0) is 53.6 Å². The molecule has 3 aromatic rings. The smallest absolute Gasteiger partial charge is 0.244 e. The van der Waals surface area contributed by atoms with E-state index in [2.05, 4.69) is 20.2 Å². The maximum atomic E-state index is 12.9. The quantitative estimate of drug-likeness (QED) is 0.667. The Hall–Kier alpha value is -2.78. The summed E-state index contributed by atoms with van der Waals surface area (Å²) in [5.74, 6) is 0.752. The standard InChI is InChI=1S/C18H21N5O3S/c1-4-23-18(20-21-22-23)14-9-10-16(26-3)17(11-14)27(24,25)19-12-15-8-6-5-7-13(15)2/h5-11,19H,4,12H2,1-3H3. The lowest BCUT2D eigenvalue weighted by molar-refractivity contribution is 0.402. The first-order valence-corrected chi connectivity index (χ1v) is 9.93. The molecule has 0 radical (unpaired) electrons. The Balaban J connectivity index is 1.96. The van der Waals surface area contributed by atoms with E-state index in [1.807, 2.05) is 38.1 Å². The molecule has 0 aliphatic carbocycles. The molecule has 0 unspecified atom stereocenters. The Morgan fingerprint density at radius 2 is 1.96 bits per heavy atom. The second kappa shape index (κ2) is 7.85. The summed E-state index contributed by atoms with van der Waals surface area (Å²) in [7, 11) is -2.37. The summed E-state index contributed by atoms with van der Waals surface area (Å²) in [4.78, 5) is 0.0433. The third-order valence-corrected chi connectivity index (χ3v) is 5.68. The van der Waals surface area contributed by atoms with Gasteiger partial charge < -0.3 is 4.74 Å². The van der Waals surface area contributed by atoms with E-state index in [-0.39, 0.29) is 17.2 Å². The van der Waals surface area contributed by atoms with Crippen LogP contribution in [0.2, 0.25) is 0 Å². The van der Waals surface area contributed by atoms with E-state index in [0.29, 0.717) is 17.9 Å². The predicted octanol–water partition coefficient (Wildman–Crippen LogP) is 2.16. The molecule has 0 aliphatic rings. The number of nitrogens with one attached hydrogen (secondary N) is 1. The van der Waals surface area contributed by atoms with Gasteiger partial charge in [0.1, 0.15) is 10.6 Å². The number of hydrogen-bond donors (Lipinski definition) is 1. The van der Waals surface area contributed by atoms with Crippen molar-refractivity contribution >= 4 is 10.0 Å². The molecule has 2 aromatic carbocycles. The van der Waals surface area contributed by atoms with Gasteiger partial charge >= 0.3 is 0 Å². The van der Waals surface area contributed by atoms with Crippen LogP contribution in [0.4, 0.5) is 0 Å². The molecule has 1 heterocycles. The summed E-state index contributed by atoms with van der Waals surface area (Å²) in [6.07, 6.45) is 0. The topological polar surface area (TPSA) is 99.0 Å². The van der Waals surface area contributed by atoms with Gasteiger partial charge in [-0.1, -0.05) is 24.3 Å². The Kier molecular flexibility index (Phi) is 5.52. The molecule has 8 nitrogen and oxygen atoms in total. The number of nitrogens with zero attached hydrogens (tertiary/aromatic N) is 4. The summed E-state index contributed by atoms with van der Waals surface area (Å²) >= 11 is 0. The second-order valence-corrected chi connectivity index (χ2v) is 7.67. The van der Waals surface area contributed by atoms with Gasteiger partial charge in [0.05, 0.1) is 7.11 Å². The number of methoxy groups -OCH3 is 1. The Labute approximate surface area is 158 Å². The Morgan fingerprint density at radius 1 is 1.19 bits per heavy atom. The van der Waals surface area contributed by atoms with Crippen molar-refractivity contribution in [2.45, 2.75) is 31.8 Å². The van der Waals surface area contributed by atoms with Crippen LogP contribution in [-0.4, -0.2) is 35.7 Å². The zero-order valence-electron chi connectivity index (χ0n) is 15.4. The monoisotopic (exact) mass is 387 g/mol. The fourth-order valence-corrected chi connectivity index (χ4v) is 3.91. The van der Waals surface area contributed by atoms with Crippen LogP contribution in [0.5, 0.6) is 5.75 Å². The van der Waals surface area contributed by atoms with E-state index in [4.69, 9.17) is 4.74 Å². The largest absolute Gasteiger partial charge is 0.495 e. The minimum absolute atomic E-state index is 0.0433. The average molecular weight is 387 g/mol.